The molecule has 1 N–H and O–H groups in total. The minimum atomic E-state index is -0.965. The molecule has 1 fully saturated rings. The lowest BCUT2D eigenvalue weighted by Crippen LogP contribution is -2.51. The van der Waals surface area contributed by atoms with Gasteiger partial charge >= 0.3 is 11.9 Å². The number of esters is 2. The number of non-ortho nitro benzene ring substituents is 1. The lowest BCUT2D eigenvalue weighted by atomic mass is 9.65. The van der Waals surface area contributed by atoms with Gasteiger partial charge in [0.25, 0.3) is 5.69 Å². The lowest BCUT2D eigenvalue weighted by molar-refractivity contribution is -0.384. The van der Waals surface area contributed by atoms with Crippen LogP contribution in [-0.4, -0.2) is 41.5 Å². The molecule has 0 unspecified atom stereocenters. The summed E-state index contributed by atoms with van der Waals surface area (Å²) in [6.45, 7) is 11.0. The Labute approximate surface area is 194 Å². The van der Waals surface area contributed by atoms with E-state index in [1.165, 1.54) is 19.2 Å². The molecule has 182 valence electrons. The fourth-order valence-corrected chi connectivity index (χ4v) is 4.31. The maximum Gasteiger partial charge on any atom is 0.328 e. The zero-order chi connectivity index (χ0) is 25.2. The molecule has 0 aromatic heterocycles. The van der Waals surface area contributed by atoms with Crippen molar-refractivity contribution < 1.29 is 28.8 Å². The summed E-state index contributed by atoms with van der Waals surface area (Å²) in [5.74, 6) is -1.82. The number of carbonyl (C=O) groups excluding carboxylic acids is 3. The van der Waals surface area contributed by atoms with Crippen LogP contribution in [0.25, 0.3) is 0 Å². The quantitative estimate of drug-likeness (QED) is 0.373. The van der Waals surface area contributed by atoms with Crippen molar-refractivity contribution in [2.45, 2.75) is 72.4 Å². The number of rotatable bonds is 7. The van der Waals surface area contributed by atoms with Crippen molar-refractivity contribution in [2.75, 3.05) is 7.11 Å². The fourth-order valence-electron chi connectivity index (χ4n) is 4.31. The standard InChI is InChI=1S/C24H34N2O7/c1-22(2,3)33-21(29)24(6)13-12-17(23(24,4)5)19(27)25-18(20(28)32-7)14-15-8-10-16(11-9-15)26(30)31/h8-11,17-18H,12-14H2,1-7H3,(H,25,27)/t17-,18+,24+/m1/s1. The topological polar surface area (TPSA) is 125 Å². The van der Waals surface area contributed by atoms with Crippen LogP contribution in [0.1, 0.15) is 59.9 Å². The van der Waals surface area contributed by atoms with Crippen molar-refractivity contribution in [3.63, 3.8) is 0 Å². The van der Waals surface area contributed by atoms with Crippen molar-refractivity contribution >= 4 is 23.5 Å². The first kappa shape index (κ1) is 26.3. The van der Waals surface area contributed by atoms with E-state index >= 15 is 0 Å². The largest absolute Gasteiger partial charge is 0.467 e. The van der Waals surface area contributed by atoms with E-state index in [-0.39, 0.29) is 24.0 Å². The Hall–Kier alpha value is -2.97. The maximum atomic E-state index is 13.3. The number of methoxy groups -OCH3 is 1. The molecule has 0 aliphatic heterocycles. The van der Waals surface area contributed by atoms with Gasteiger partial charge in [0.1, 0.15) is 11.6 Å². The van der Waals surface area contributed by atoms with Crippen LogP contribution >= 0.6 is 0 Å². The normalized spacial score (nSPS) is 22.8. The molecule has 0 radical (unpaired) electrons. The van der Waals surface area contributed by atoms with Gasteiger partial charge in [0.05, 0.1) is 17.4 Å². The van der Waals surface area contributed by atoms with Crippen LogP contribution in [0.2, 0.25) is 0 Å². The van der Waals surface area contributed by atoms with Gasteiger partial charge in [0.15, 0.2) is 0 Å². The summed E-state index contributed by atoms with van der Waals surface area (Å²) in [6, 6.07) is 4.81. The van der Waals surface area contributed by atoms with Crippen LogP contribution < -0.4 is 5.32 Å². The summed E-state index contributed by atoms with van der Waals surface area (Å²) in [7, 11) is 1.23. The van der Waals surface area contributed by atoms with E-state index in [2.05, 4.69) is 5.32 Å². The van der Waals surface area contributed by atoms with E-state index < -0.39 is 39.3 Å². The van der Waals surface area contributed by atoms with Gasteiger partial charge in [-0.05, 0) is 51.5 Å². The van der Waals surface area contributed by atoms with E-state index in [9.17, 15) is 24.5 Å². The highest BCUT2D eigenvalue weighted by Crippen LogP contribution is 2.57. The molecule has 0 bridgehead atoms. The van der Waals surface area contributed by atoms with Gasteiger partial charge in [-0.3, -0.25) is 19.7 Å². The molecule has 1 aliphatic carbocycles. The van der Waals surface area contributed by atoms with Gasteiger partial charge in [0, 0.05) is 24.5 Å². The molecular weight excluding hydrogens is 428 g/mol. The van der Waals surface area contributed by atoms with E-state index in [0.717, 1.165) is 0 Å². The smallest absolute Gasteiger partial charge is 0.328 e. The third-order valence-corrected chi connectivity index (χ3v) is 6.78. The average Bonchev–Trinajstić information content (AvgIpc) is 2.96. The maximum absolute atomic E-state index is 13.3. The van der Waals surface area contributed by atoms with Crippen LogP contribution in [-0.2, 0) is 30.3 Å². The number of amides is 1. The number of ether oxygens (including phenoxy) is 2. The molecule has 33 heavy (non-hydrogen) atoms. The molecule has 3 atom stereocenters. The van der Waals surface area contributed by atoms with Gasteiger partial charge in [-0.15, -0.1) is 0 Å². The Morgan fingerprint density at radius 3 is 2.24 bits per heavy atom. The SMILES string of the molecule is COC(=O)[C@H](Cc1ccc([N+](=O)[O-])cc1)NC(=O)[C@H]1CC[C@@](C)(C(=O)OC(C)(C)C)C1(C)C. The minimum Gasteiger partial charge on any atom is -0.467 e. The number of nitro benzene ring substituents is 1. The van der Waals surface area contributed by atoms with Gasteiger partial charge < -0.3 is 14.8 Å². The molecule has 9 nitrogen and oxygen atoms in total. The Balaban J connectivity index is 2.19. The summed E-state index contributed by atoms with van der Waals surface area (Å²) >= 11 is 0. The van der Waals surface area contributed by atoms with Crippen LogP contribution in [0, 0.1) is 26.9 Å². The van der Waals surface area contributed by atoms with Crippen molar-refractivity contribution in [3.8, 4) is 0 Å². The Kier molecular flexibility index (Phi) is 7.56. The first-order valence-electron chi connectivity index (χ1n) is 11.0. The first-order chi connectivity index (χ1) is 15.1. The van der Waals surface area contributed by atoms with E-state index in [1.54, 1.807) is 32.9 Å². The number of hydrogen-bond donors (Lipinski definition) is 1. The molecule has 0 heterocycles. The third kappa shape index (κ3) is 5.69. The zero-order valence-electron chi connectivity index (χ0n) is 20.4. The highest BCUT2D eigenvalue weighted by atomic mass is 16.6. The van der Waals surface area contributed by atoms with Crippen molar-refractivity contribution in [3.05, 3.63) is 39.9 Å². The summed E-state index contributed by atoms with van der Waals surface area (Å²) in [5, 5.41) is 13.6. The number of carbonyl (C=O) groups is 3. The highest BCUT2D eigenvalue weighted by Gasteiger charge is 2.59. The summed E-state index contributed by atoms with van der Waals surface area (Å²) in [4.78, 5) is 49.0. The fraction of sp³-hybridized carbons (Fsp3) is 0.625. The number of hydrogen-bond acceptors (Lipinski definition) is 7. The third-order valence-electron chi connectivity index (χ3n) is 6.78. The summed E-state index contributed by atoms with van der Waals surface area (Å²) in [5.41, 5.74) is -1.64. The lowest BCUT2D eigenvalue weighted by Gasteiger charge is -2.40. The average molecular weight is 463 g/mol. The zero-order valence-corrected chi connectivity index (χ0v) is 20.4. The van der Waals surface area contributed by atoms with E-state index in [1.807, 2.05) is 20.8 Å². The van der Waals surface area contributed by atoms with E-state index in [0.29, 0.717) is 18.4 Å². The number of benzene rings is 1. The second-order valence-corrected chi connectivity index (χ2v) is 10.4. The minimum absolute atomic E-state index is 0.0634. The van der Waals surface area contributed by atoms with Crippen molar-refractivity contribution in [2.24, 2.45) is 16.7 Å². The van der Waals surface area contributed by atoms with Crippen molar-refractivity contribution in [1.82, 2.24) is 5.32 Å². The Morgan fingerprint density at radius 1 is 1.18 bits per heavy atom. The molecule has 1 aliphatic rings. The Bertz CT molecular complexity index is 918. The number of nitro groups is 1. The second kappa shape index (κ2) is 9.49. The molecule has 0 spiro atoms. The molecule has 0 saturated heterocycles. The van der Waals surface area contributed by atoms with Crippen LogP contribution in [0.5, 0.6) is 0 Å². The van der Waals surface area contributed by atoms with Gasteiger partial charge in [-0.2, -0.15) is 0 Å². The van der Waals surface area contributed by atoms with Crippen molar-refractivity contribution in [1.29, 1.82) is 0 Å². The second-order valence-electron chi connectivity index (χ2n) is 10.4. The highest BCUT2D eigenvalue weighted by molar-refractivity contribution is 5.88. The predicted octanol–water partition coefficient (Wildman–Crippen LogP) is 3.58. The summed E-state index contributed by atoms with van der Waals surface area (Å²) < 4.78 is 10.5. The molecule has 1 saturated carbocycles. The predicted molar refractivity (Wildman–Crippen MR) is 121 cm³/mol. The molecule has 9 heteroatoms. The van der Waals surface area contributed by atoms with E-state index in [4.69, 9.17) is 9.47 Å². The molecule has 2 rings (SSSR count). The molecule has 1 amide bonds. The number of nitrogens with zero attached hydrogens (tertiary/aromatic N) is 1. The molecule has 1 aromatic rings. The van der Waals surface area contributed by atoms with Gasteiger partial charge in [0.2, 0.25) is 5.91 Å². The monoisotopic (exact) mass is 462 g/mol. The first-order valence-corrected chi connectivity index (χ1v) is 11.0. The van der Waals surface area contributed by atoms with Crippen LogP contribution in [0.4, 0.5) is 5.69 Å². The van der Waals surface area contributed by atoms with Gasteiger partial charge in [-0.1, -0.05) is 26.0 Å². The van der Waals surface area contributed by atoms with Crippen LogP contribution in [0.3, 0.4) is 0 Å². The molecule has 1 aromatic carbocycles. The summed E-state index contributed by atoms with van der Waals surface area (Å²) in [6.07, 6.45) is 1.07. The molecular formula is C24H34N2O7. The van der Waals surface area contributed by atoms with Crippen LogP contribution in [0.15, 0.2) is 24.3 Å². The Morgan fingerprint density at radius 2 is 1.76 bits per heavy atom. The van der Waals surface area contributed by atoms with Gasteiger partial charge in [-0.25, -0.2) is 4.79 Å². The number of nitrogens with one attached hydrogen (secondary N) is 1.